The molecule has 0 amide bonds. The van der Waals surface area contributed by atoms with Crippen LogP contribution in [0.2, 0.25) is 0 Å². The third kappa shape index (κ3) is 1.92. The quantitative estimate of drug-likeness (QED) is 0.610. The van der Waals surface area contributed by atoms with Crippen LogP contribution in [0.1, 0.15) is 12.6 Å². The van der Waals surface area contributed by atoms with Gasteiger partial charge >= 0.3 is 0 Å². The number of nitrogens with two attached hydrogens (primary N) is 2. The van der Waals surface area contributed by atoms with Gasteiger partial charge in [0.15, 0.2) is 0 Å². The van der Waals surface area contributed by atoms with Gasteiger partial charge in [0, 0.05) is 20.1 Å². The molecule has 5 nitrogen and oxygen atoms in total. The predicted molar refractivity (Wildman–Crippen MR) is 54.5 cm³/mol. The smallest absolute Gasteiger partial charge is 0.147 e. The fraction of sp³-hybridized carbons (Fsp3) is 0.625. The molecule has 0 aliphatic heterocycles. The molecule has 74 valence electrons. The molecule has 0 radical (unpaired) electrons. The summed E-state index contributed by atoms with van der Waals surface area (Å²) in [7, 11) is 1.87. The van der Waals surface area contributed by atoms with Gasteiger partial charge in [-0.3, -0.25) is 4.68 Å². The molecule has 1 rings (SSSR count). The number of nitrogens with zero attached hydrogens (tertiary/aromatic N) is 2. The summed E-state index contributed by atoms with van der Waals surface area (Å²) in [5.74, 6) is 0.863. The standard InChI is InChI=1S/C8H17N5/c1-3-6-7(10)8(11-5-4-9)13(2)12-6/h11H,3-5,9-10H2,1-2H3. The molecule has 0 aliphatic rings. The van der Waals surface area contributed by atoms with Crippen molar-refractivity contribution >= 4 is 11.5 Å². The van der Waals surface area contributed by atoms with Gasteiger partial charge in [-0.05, 0) is 6.42 Å². The minimum absolute atomic E-state index is 0.589. The van der Waals surface area contributed by atoms with Crippen molar-refractivity contribution in [2.24, 2.45) is 12.8 Å². The first-order valence-electron chi connectivity index (χ1n) is 4.46. The summed E-state index contributed by atoms with van der Waals surface area (Å²) in [6.45, 7) is 3.34. The van der Waals surface area contributed by atoms with E-state index in [2.05, 4.69) is 10.4 Å². The molecule has 0 bridgehead atoms. The Morgan fingerprint density at radius 3 is 2.69 bits per heavy atom. The van der Waals surface area contributed by atoms with Crippen molar-refractivity contribution in [2.75, 3.05) is 24.1 Å². The first-order chi connectivity index (χ1) is 6.20. The van der Waals surface area contributed by atoms with Crippen molar-refractivity contribution in [3.05, 3.63) is 5.69 Å². The second-order valence-corrected chi connectivity index (χ2v) is 2.90. The maximum absolute atomic E-state index is 5.87. The molecule has 13 heavy (non-hydrogen) atoms. The Labute approximate surface area is 78.1 Å². The summed E-state index contributed by atoms with van der Waals surface area (Å²) in [5.41, 5.74) is 12.9. The third-order valence-corrected chi connectivity index (χ3v) is 1.93. The van der Waals surface area contributed by atoms with E-state index >= 15 is 0 Å². The Morgan fingerprint density at radius 2 is 2.23 bits per heavy atom. The zero-order valence-corrected chi connectivity index (χ0v) is 8.17. The lowest BCUT2D eigenvalue weighted by atomic mass is 10.3. The van der Waals surface area contributed by atoms with Gasteiger partial charge in [-0.1, -0.05) is 6.92 Å². The van der Waals surface area contributed by atoms with Crippen molar-refractivity contribution < 1.29 is 0 Å². The van der Waals surface area contributed by atoms with Crippen molar-refractivity contribution in [1.29, 1.82) is 0 Å². The summed E-state index contributed by atoms with van der Waals surface area (Å²) >= 11 is 0. The maximum atomic E-state index is 5.87. The molecule has 0 saturated carbocycles. The molecule has 1 aromatic rings. The van der Waals surface area contributed by atoms with Crippen LogP contribution in [-0.4, -0.2) is 22.9 Å². The van der Waals surface area contributed by atoms with Crippen LogP contribution in [0.4, 0.5) is 11.5 Å². The minimum atomic E-state index is 0.589. The Bertz CT molecular complexity index is 278. The minimum Gasteiger partial charge on any atom is -0.394 e. The fourth-order valence-corrected chi connectivity index (χ4v) is 1.26. The van der Waals surface area contributed by atoms with E-state index in [0.29, 0.717) is 13.1 Å². The van der Waals surface area contributed by atoms with Gasteiger partial charge < -0.3 is 16.8 Å². The Morgan fingerprint density at radius 1 is 1.54 bits per heavy atom. The van der Waals surface area contributed by atoms with Crippen LogP contribution >= 0.6 is 0 Å². The third-order valence-electron chi connectivity index (χ3n) is 1.93. The summed E-state index contributed by atoms with van der Waals surface area (Å²) in [6, 6.07) is 0. The molecule has 5 N–H and O–H groups in total. The van der Waals surface area contributed by atoms with E-state index in [1.807, 2.05) is 14.0 Å². The van der Waals surface area contributed by atoms with E-state index in [9.17, 15) is 0 Å². The molecule has 0 fully saturated rings. The molecule has 0 saturated heterocycles. The average Bonchev–Trinajstić information content (AvgIpc) is 2.39. The number of anilines is 2. The molecule has 0 unspecified atom stereocenters. The first kappa shape index (κ1) is 9.85. The lowest BCUT2D eigenvalue weighted by Crippen LogP contribution is -2.15. The van der Waals surface area contributed by atoms with Gasteiger partial charge in [0.25, 0.3) is 0 Å². The molecule has 0 aliphatic carbocycles. The zero-order valence-electron chi connectivity index (χ0n) is 8.17. The molecule has 0 spiro atoms. The van der Waals surface area contributed by atoms with Crippen LogP contribution in [0.15, 0.2) is 0 Å². The van der Waals surface area contributed by atoms with Crippen LogP contribution in [0.25, 0.3) is 0 Å². The fourth-order valence-electron chi connectivity index (χ4n) is 1.26. The molecule has 1 aromatic heterocycles. The van der Waals surface area contributed by atoms with Gasteiger partial charge in [-0.2, -0.15) is 5.10 Å². The number of hydrogen-bond donors (Lipinski definition) is 3. The normalized spacial score (nSPS) is 10.4. The number of nitrogen functional groups attached to an aromatic ring is 1. The van der Waals surface area contributed by atoms with E-state index in [0.717, 1.165) is 23.6 Å². The second-order valence-electron chi connectivity index (χ2n) is 2.90. The van der Waals surface area contributed by atoms with Crippen LogP contribution < -0.4 is 16.8 Å². The highest BCUT2D eigenvalue weighted by atomic mass is 15.3. The van der Waals surface area contributed by atoms with Crippen LogP contribution in [0.5, 0.6) is 0 Å². The second kappa shape index (κ2) is 4.13. The number of aryl methyl sites for hydroxylation is 2. The SMILES string of the molecule is CCc1nn(C)c(NCCN)c1N. The first-order valence-corrected chi connectivity index (χ1v) is 4.46. The topological polar surface area (TPSA) is 81.9 Å². The van der Waals surface area contributed by atoms with Gasteiger partial charge in [0.1, 0.15) is 5.82 Å². The monoisotopic (exact) mass is 183 g/mol. The van der Waals surface area contributed by atoms with Crippen molar-refractivity contribution in [1.82, 2.24) is 9.78 Å². The van der Waals surface area contributed by atoms with Crippen LogP contribution in [0, 0.1) is 0 Å². The Balaban J connectivity index is 2.85. The van der Waals surface area contributed by atoms with Gasteiger partial charge in [-0.25, -0.2) is 0 Å². The lowest BCUT2D eigenvalue weighted by molar-refractivity contribution is 0.747. The van der Waals surface area contributed by atoms with Crippen LogP contribution in [-0.2, 0) is 13.5 Å². The van der Waals surface area contributed by atoms with E-state index in [1.165, 1.54) is 0 Å². The highest BCUT2D eigenvalue weighted by Crippen LogP contribution is 2.21. The number of hydrogen-bond acceptors (Lipinski definition) is 4. The van der Waals surface area contributed by atoms with Crippen LogP contribution in [0.3, 0.4) is 0 Å². The van der Waals surface area contributed by atoms with E-state index in [1.54, 1.807) is 4.68 Å². The van der Waals surface area contributed by atoms with E-state index < -0.39 is 0 Å². The Kier molecular flexibility index (Phi) is 3.13. The highest BCUT2D eigenvalue weighted by molar-refractivity contribution is 5.64. The molecular formula is C8H17N5. The number of rotatable bonds is 4. The van der Waals surface area contributed by atoms with Gasteiger partial charge in [0.05, 0.1) is 11.4 Å². The molecule has 1 heterocycles. The largest absolute Gasteiger partial charge is 0.394 e. The predicted octanol–water partition coefficient (Wildman–Crippen LogP) is -0.0647. The van der Waals surface area contributed by atoms with Crippen molar-refractivity contribution in [3.8, 4) is 0 Å². The Hall–Kier alpha value is -1.23. The average molecular weight is 183 g/mol. The number of nitrogens with one attached hydrogen (secondary N) is 1. The van der Waals surface area contributed by atoms with E-state index in [4.69, 9.17) is 11.5 Å². The van der Waals surface area contributed by atoms with Gasteiger partial charge in [-0.15, -0.1) is 0 Å². The lowest BCUT2D eigenvalue weighted by Gasteiger charge is -2.05. The van der Waals surface area contributed by atoms with Crippen molar-refractivity contribution in [3.63, 3.8) is 0 Å². The van der Waals surface area contributed by atoms with Gasteiger partial charge in [0.2, 0.25) is 0 Å². The maximum Gasteiger partial charge on any atom is 0.147 e. The molecular weight excluding hydrogens is 166 g/mol. The molecule has 0 atom stereocenters. The highest BCUT2D eigenvalue weighted by Gasteiger charge is 2.10. The zero-order chi connectivity index (χ0) is 9.84. The summed E-state index contributed by atoms with van der Waals surface area (Å²) in [4.78, 5) is 0. The molecule has 0 aromatic carbocycles. The summed E-state index contributed by atoms with van der Waals surface area (Å²) in [5, 5.41) is 7.41. The summed E-state index contributed by atoms with van der Waals surface area (Å²) in [6.07, 6.45) is 0.851. The molecule has 5 heteroatoms. The number of aromatic nitrogens is 2. The van der Waals surface area contributed by atoms with E-state index in [-0.39, 0.29) is 0 Å². The summed E-state index contributed by atoms with van der Waals surface area (Å²) < 4.78 is 1.75. The van der Waals surface area contributed by atoms with Crippen molar-refractivity contribution in [2.45, 2.75) is 13.3 Å².